The maximum absolute atomic E-state index is 13.8. The lowest BCUT2D eigenvalue weighted by molar-refractivity contribution is 0.171. The summed E-state index contributed by atoms with van der Waals surface area (Å²) in [6.07, 6.45) is 0.854. The van der Waals surface area contributed by atoms with Crippen LogP contribution in [0.25, 0.3) is 0 Å². The first kappa shape index (κ1) is 14.4. The fraction of sp³-hybridized carbons (Fsp3) is 0.538. The van der Waals surface area contributed by atoms with E-state index in [-0.39, 0.29) is 17.8 Å². The van der Waals surface area contributed by atoms with Gasteiger partial charge < -0.3 is 10.1 Å². The van der Waals surface area contributed by atoms with Crippen LogP contribution < -0.4 is 5.32 Å². The van der Waals surface area contributed by atoms with Crippen molar-refractivity contribution in [2.45, 2.75) is 19.4 Å². The Kier molecular flexibility index (Phi) is 5.89. The van der Waals surface area contributed by atoms with Gasteiger partial charge in [0.1, 0.15) is 5.82 Å². The first-order valence-corrected chi connectivity index (χ1v) is 6.09. The van der Waals surface area contributed by atoms with Gasteiger partial charge >= 0.3 is 0 Å². The van der Waals surface area contributed by atoms with Crippen molar-refractivity contribution in [2.24, 2.45) is 5.92 Å². The molecule has 0 saturated heterocycles. The number of benzene rings is 1. The van der Waals surface area contributed by atoms with Crippen molar-refractivity contribution in [1.29, 1.82) is 0 Å². The molecule has 4 heteroatoms. The molecule has 0 aliphatic rings. The number of ether oxygens (including phenoxy) is 1. The third-order valence-corrected chi connectivity index (χ3v) is 3.30. The van der Waals surface area contributed by atoms with Crippen molar-refractivity contribution in [3.05, 3.63) is 34.6 Å². The highest BCUT2D eigenvalue weighted by atomic mass is 35.5. The molecule has 17 heavy (non-hydrogen) atoms. The largest absolute Gasteiger partial charge is 0.385 e. The third kappa shape index (κ3) is 3.66. The van der Waals surface area contributed by atoms with Gasteiger partial charge in [-0.05, 0) is 31.5 Å². The summed E-state index contributed by atoms with van der Waals surface area (Å²) in [6.45, 7) is 2.72. The van der Waals surface area contributed by atoms with Crippen LogP contribution in [0, 0.1) is 11.7 Å². The summed E-state index contributed by atoms with van der Waals surface area (Å²) in [6, 6.07) is 4.68. The number of hydrogen-bond donors (Lipinski definition) is 1. The fourth-order valence-corrected chi connectivity index (χ4v) is 2.27. The Bertz CT molecular complexity index is 339. The summed E-state index contributed by atoms with van der Waals surface area (Å²) in [5.74, 6) is -0.0181. The molecule has 0 heterocycles. The minimum Gasteiger partial charge on any atom is -0.385 e. The Labute approximate surface area is 107 Å². The molecule has 1 rings (SSSR count). The maximum Gasteiger partial charge on any atom is 0.129 e. The SMILES string of the molecule is CNC(c1c(F)cccc1Cl)C(C)CCOC. The molecule has 0 aromatic heterocycles. The van der Waals surface area contributed by atoms with E-state index in [2.05, 4.69) is 12.2 Å². The zero-order valence-corrected chi connectivity index (χ0v) is 11.2. The lowest BCUT2D eigenvalue weighted by Gasteiger charge is -2.25. The van der Waals surface area contributed by atoms with Gasteiger partial charge in [-0.15, -0.1) is 0 Å². The van der Waals surface area contributed by atoms with Crippen molar-refractivity contribution in [3.63, 3.8) is 0 Å². The Hall–Kier alpha value is -0.640. The van der Waals surface area contributed by atoms with Gasteiger partial charge in [0.25, 0.3) is 0 Å². The molecule has 1 N–H and O–H groups in total. The van der Waals surface area contributed by atoms with Gasteiger partial charge in [-0.2, -0.15) is 0 Å². The molecule has 0 radical (unpaired) electrons. The first-order valence-electron chi connectivity index (χ1n) is 5.72. The Morgan fingerprint density at radius 1 is 1.47 bits per heavy atom. The van der Waals surface area contributed by atoms with Gasteiger partial charge in [0.05, 0.1) is 0 Å². The number of methoxy groups -OCH3 is 1. The van der Waals surface area contributed by atoms with Crippen LogP contribution in [0.2, 0.25) is 5.02 Å². The van der Waals surface area contributed by atoms with Crippen molar-refractivity contribution < 1.29 is 9.13 Å². The van der Waals surface area contributed by atoms with E-state index < -0.39 is 0 Å². The van der Waals surface area contributed by atoms with E-state index in [0.717, 1.165) is 6.42 Å². The smallest absolute Gasteiger partial charge is 0.129 e. The average molecular weight is 260 g/mol. The molecule has 0 aliphatic heterocycles. The second-order valence-electron chi connectivity index (χ2n) is 4.16. The Morgan fingerprint density at radius 3 is 2.71 bits per heavy atom. The molecule has 0 fully saturated rings. The van der Waals surface area contributed by atoms with E-state index >= 15 is 0 Å². The second-order valence-corrected chi connectivity index (χ2v) is 4.57. The second kappa shape index (κ2) is 6.94. The van der Waals surface area contributed by atoms with Gasteiger partial charge in [0.15, 0.2) is 0 Å². The molecule has 1 aromatic carbocycles. The summed E-state index contributed by atoms with van der Waals surface area (Å²) in [7, 11) is 3.48. The summed E-state index contributed by atoms with van der Waals surface area (Å²) in [5.41, 5.74) is 0.542. The minimum atomic E-state index is -0.263. The Balaban J connectivity index is 2.93. The number of halogens is 2. The van der Waals surface area contributed by atoms with E-state index in [1.54, 1.807) is 19.2 Å². The highest BCUT2D eigenvalue weighted by molar-refractivity contribution is 6.31. The summed E-state index contributed by atoms with van der Waals surface area (Å²) < 4.78 is 18.9. The Morgan fingerprint density at radius 2 is 2.18 bits per heavy atom. The van der Waals surface area contributed by atoms with E-state index in [1.807, 2.05) is 7.05 Å². The molecule has 1 aromatic rings. The van der Waals surface area contributed by atoms with Crippen LogP contribution in [0.4, 0.5) is 4.39 Å². The minimum absolute atomic E-state index is 0.0983. The van der Waals surface area contributed by atoms with Gasteiger partial charge in [-0.1, -0.05) is 24.6 Å². The lowest BCUT2D eigenvalue weighted by atomic mass is 9.92. The van der Waals surface area contributed by atoms with E-state index in [9.17, 15) is 4.39 Å². The van der Waals surface area contributed by atoms with Crippen LogP contribution in [-0.4, -0.2) is 20.8 Å². The third-order valence-electron chi connectivity index (χ3n) is 2.97. The molecule has 0 saturated carbocycles. The predicted molar refractivity (Wildman–Crippen MR) is 68.9 cm³/mol. The van der Waals surface area contributed by atoms with Gasteiger partial charge in [-0.25, -0.2) is 4.39 Å². The first-order chi connectivity index (χ1) is 8.11. The zero-order valence-electron chi connectivity index (χ0n) is 10.5. The molecule has 96 valence electrons. The lowest BCUT2D eigenvalue weighted by Crippen LogP contribution is -2.25. The summed E-state index contributed by atoms with van der Waals surface area (Å²) in [4.78, 5) is 0. The molecule has 0 bridgehead atoms. The number of hydrogen-bond acceptors (Lipinski definition) is 2. The number of rotatable bonds is 6. The summed E-state index contributed by atoms with van der Waals surface area (Å²) in [5, 5.41) is 3.59. The highest BCUT2D eigenvalue weighted by Gasteiger charge is 2.22. The quantitative estimate of drug-likeness (QED) is 0.845. The highest BCUT2D eigenvalue weighted by Crippen LogP contribution is 2.31. The standard InChI is InChI=1S/C13H19ClFNO/c1-9(7-8-17-3)13(16-2)12-10(14)5-4-6-11(12)15/h4-6,9,13,16H,7-8H2,1-3H3. The molecule has 2 unspecified atom stereocenters. The predicted octanol–water partition coefficient (Wildman–Crippen LogP) is 3.41. The normalized spacial score (nSPS) is 14.6. The molecule has 2 atom stereocenters. The summed E-state index contributed by atoms with van der Waals surface area (Å²) >= 11 is 6.07. The van der Waals surface area contributed by atoms with E-state index in [1.165, 1.54) is 6.07 Å². The molecule has 0 spiro atoms. The van der Waals surface area contributed by atoms with Crippen LogP contribution in [0.5, 0.6) is 0 Å². The van der Waals surface area contributed by atoms with Gasteiger partial charge in [-0.3, -0.25) is 0 Å². The molecular weight excluding hydrogens is 241 g/mol. The van der Waals surface area contributed by atoms with Crippen LogP contribution >= 0.6 is 11.6 Å². The van der Waals surface area contributed by atoms with Crippen molar-refractivity contribution in [3.8, 4) is 0 Å². The maximum atomic E-state index is 13.8. The molecule has 2 nitrogen and oxygen atoms in total. The topological polar surface area (TPSA) is 21.3 Å². The molecular formula is C13H19ClFNO. The van der Waals surface area contributed by atoms with E-state index in [4.69, 9.17) is 16.3 Å². The number of nitrogens with one attached hydrogen (secondary N) is 1. The van der Waals surface area contributed by atoms with Crippen LogP contribution in [0.15, 0.2) is 18.2 Å². The average Bonchev–Trinajstić information content (AvgIpc) is 2.31. The van der Waals surface area contributed by atoms with Crippen molar-refractivity contribution in [2.75, 3.05) is 20.8 Å². The fourth-order valence-electron chi connectivity index (χ4n) is 1.99. The van der Waals surface area contributed by atoms with Gasteiger partial charge in [0, 0.05) is 30.3 Å². The van der Waals surface area contributed by atoms with Crippen LogP contribution in [0.1, 0.15) is 24.9 Å². The monoisotopic (exact) mass is 259 g/mol. The van der Waals surface area contributed by atoms with Crippen LogP contribution in [0.3, 0.4) is 0 Å². The van der Waals surface area contributed by atoms with E-state index in [0.29, 0.717) is 17.2 Å². The van der Waals surface area contributed by atoms with Gasteiger partial charge in [0.2, 0.25) is 0 Å². The van der Waals surface area contributed by atoms with Crippen molar-refractivity contribution in [1.82, 2.24) is 5.32 Å². The van der Waals surface area contributed by atoms with Crippen molar-refractivity contribution >= 4 is 11.6 Å². The molecule has 0 aliphatic carbocycles. The van der Waals surface area contributed by atoms with Crippen LogP contribution in [-0.2, 0) is 4.74 Å². The molecule has 0 amide bonds. The zero-order chi connectivity index (χ0) is 12.8.